The highest BCUT2D eigenvalue weighted by Gasteiger charge is 2.16. The average molecular weight is 303 g/mol. The van der Waals surface area contributed by atoms with Crippen LogP contribution >= 0.6 is 11.3 Å². The Labute approximate surface area is 127 Å². The molecule has 1 aliphatic rings. The molecule has 0 saturated heterocycles. The lowest BCUT2D eigenvalue weighted by Crippen LogP contribution is -2.23. The van der Waals surface area contributed by atoms with E-state index >= 15 is 0 Å². The summed E-state index contributed by atoms with van der Waals surface area (Å²) in [5, 5.41) is 5.10. The number of hydrogen-bond acceptors (Lipinski definition) is 5. The third kappa shape index (κ3) is 3.05. The molecule has 0 radical (unpaired) electrons. The zero-order chi connectivity index (χ0) is 14.7. The third-order valence-electron chi connectivity index (χ3n) is 3.66. The van der Waals surface area contributed by atoms with Gasteiger partial charge in [-0.25, -0.2) is 9.97 Å². The minimum atomic E-state index is -0.159. The van der Waals surface area contributed by atoms with Gasteiger partial charge >= 0.3 is 6.01 Å². The fourth-order valence-corrected chi connectivity index (χ4v) is 3.67. The standard InChI is InChI=1S/C15H17N3O2S/c1-20-15-17-6-10(7-18-15)14(19)16-8-11-9-21-13-5-3-2-4-12(11)13/h6-7,9H,2-5,8H2,1H3,(H,16,19). The van der Waals surface area contributed by atoms with Crippen molar-refractivity contribution in [2.24, 2.45) is 0 Å². The maximum absolute atomic E-state index is 12.1. The van der Waals surface area contributed by atoms with Crippen LogP contribution in [0.5, 0.6) is 6.01 Å². The highest BCUT2D eigenvalue weighted by Crippen LogP contribution is 2.30. The van der Waals surface area contributed by atoms with Gasteiger partial charge in [0.2, 0.25) is 0 Å². The van der Waals surface area contributed by atoms with Crippen molar-refractivity contribution in [3.63, 3.8) is 0 Å². The Bertz CT molecular complexity index is 637. The second-order valence-electron chi connectivity index (χ2n) is 5.01. The molecule has 6 heteroatoms. The molecule has 2 aromatic rings. The Morgan fingerprint density at radius 2 is 2.10 bits per heavy atom. The van der Waals surface area contributed by atoms with Gasteiger partial charge in [0.05, 0.1) is 12.7 Å². The number of aromatic nitrogens is 2. The van der Waals surface area contributed by atoms with Crippen molar-refractivity contribution in [2.75, 3.05) is 7.11 Å². The van der Waals surface area contributed by atoms with Crippen LogP contribution < -0.4 is 10.1 Å². The molecule has 1 N–H and O–H groups in total. The highest BCUT2D eigenvalue weighted by atomic mass is 32.1. The van der Waals surface area contributed by atoms with Crippen molar-refractivity contribution < 1.29 is 9.53 Å². The lowest BCUT2D eigenvalue weighted by Gasteiger charge is -2.13. The van der Waals surface area contributed by atoms with E-state index in [4.69, 9.17) is 4.74 Å². The number of methoxy groups -OCH3 is 1. The summed E-state index contributed by atoms with van der Waals surface area (Å²) in [4.78, 5) is 21.4. The van der Waals surface area contributed by atoms with Crippen molar-refractivity contribution >= 4 is 17.2 Å². The lowest BCUT2D eigenvalue weighted by atomic mass is 9.96. The number of fused-ring (bicyclic) bond motifs is 1. The average Bonchev–Trinajstić information content (AvgIpc) is 2.96. The number of thiophene rings is 1. The molecule has 3 rings (SSSR count). The Hall–Kier alpha value is -1.95. The molecule has 21 heavy (non-hydrogen) atoms. The highest BCUT2D eigenvalue weighted by molar-refractivity contribution is 7.10. The topological polar surface area (TPSA) is 64.1 Å². The van der Waals surface area contributed by atoms with Crippen LogP contribution in [0.3, 0.4) is 0 Å². The van der Waals surface area contributed by atoms with E-state index in [0.29, 0.717) is 12.1 Å². The van der Waals surface area contributed by atoms with Gasteiger partial charge in [-0.2, -0.15) is 0 Å². The SMILES string of the molecule is COc1ncc(C(=O)NCc2csc3c2CCCC3)cn1. The quantitative estimate of drug-likeness (QED) is 0.941. The molecule has 2 heterocycles. The molecule has 1 amide bonds. The van der Waals surface area contributed by atoms with E-state index in [1.165, 1.54) is 54.8 Å². The van der Waals surface area contributed by atoms with Crippen molar-refractivity contribution in [3.05, 3.63) is 39.3 Å². The lowest BCUT2D eigenvalue weighted by molar-refractivity contribution is 0.0950. The van der Waals surface area contributed by atoms with Crippen LogP contribution in [-0.4, -0.2) is 23.0 Å². The zero-order valence-electron chi connectivity index (χ0n) is 11.9. The van der Waals surface area contributed by atoms with Crippen LogP contribution in [0.1, 0.15) is 39.2 Å². The summed E-state index contributed by atoms with van der Waals surface area (Å²) in [5.41, 5.74) is 3.13. The van der Waals surface area contributed by atoms with Crippen molar-refractivity contribution in [3.8, 4) is 6.01 Å². The summed E-state index contributed by atoms with van der Waals surface area (Å²) in [6, 6.07) is 0.262. The molecule has 2 aromatic heterocycles. The molecule has 0 bridgehead atoms. The Morgan fingerprint density at radius 1 is 1.33 bits per heavy atom. The maximum Gasteiger partial charge on any atom is 0.316 e. The first-order valence-electron chi connectivity index (χ1n) is 7.00. The normalized spacial score (nSPS) is 13.6. The smallest absolute Gasteiger partial charge is 0.316 e. The third-order valence-corrected chi connectivity index (χ3v) is 4.80. The van der Waals surface area contributed by atoms with E-state index in [2.05, 4.69) is 20.7 Å². The summed E-state index contributed by atoms with van der Waals surface area (Å²) in [6.07, 6.45) is 7.80. The van der Waals surface area contributed by atoms with Crippen molar-refractivity contribution in [1.29, 1.82) is 0 Å². The van der Waals surface area contributed by atoms with Gasteiger partial charge in [-0.05, 0) is 42.2 Å². The van der Waals surface area contributed by atoms with E-state index in [1.54, 1.807) is 0 Å². The Morgan fingerprint density at radius 3 is 2.86 bits per heavy atom. The number of carbonyl (C=O) groups is 1. The first-order valence-corrected chi connectivity index (χ1v) is 7.88. The van der Waals surface area contributed by atoms with Gasteiger partial charge < -0.3 is 10.1 Å². The number of carbonyl (C=O) groups excluding carboxylic acids is 1. The number of nitrogens with zero attached hydrogens (tertiary/aromatic N) is 2. The Kier molecular flexibility index (Phi) is 4.15. The molecule has 0 aliphatic heterocycles. The van der Waals surface area contributed by atoms with Crippen LogP contribution in [0.25, 0.3) is 0 Å². The van der Waals surface area contributed by atoms with Crippen LogP contribution in [0.15, 0.2) is 17.8 Å². The molecular weight excluding hydrogens is 286 g/mol. The fraction of sp³-hybridized carbons (Fsp3) is 0.400. The maximum atomic E-state index is 12.1. The van der Waals surface area contributed by atoms with Crippen LogP contribution in [0, 0.1) is 0 Å². The van der Waals surface area contributed by atoms with E-state index in [9.17, 15) is 4.79 Å². The minimum Gasteiger partial charge on any atom is -0.467 e. The zero-order valence-corrected chi connectivity index (χ0v) is 12.7. The van der Waals surface area contributed by atoms with E-state index in [1.807, 2.05) is 11.3 Å². The molecule has 0 spiro atoms. The van der Waals surface area contributed by atoms with Gasteiger partial charge in [0.15, 0.2) is 0 Å². The predicted molar refractivity (Wildman–Crippen MR) is 80.7 cm³/mol. The number of amides is 1. The second-order valence-corrected chi connectivity index (χ2v) is 5.98. The number of hydrogen-bond donors (Lipinski definition) is 1. The molecule has 0 aromatic carbocycles. The van der Waals surface area contributed by atoms with E-state index in [-0.39, 0.29) is 11.9 Å². The van der Waals surface area contributed by atoms with E-state index in [0.717, 1.165) is 6.42 Å². The summed E-state index contributed by atoms with van der Waals surface area (Å²) in [6.45, 7) is 0.566. The summed E-state index contributed by atoms with van der Waals surface area (Å²) >= 11 is 1.81. The molecule has 0 atom stereocenters. The first kappa shape index (κ1) is 14.0. The fourth-order valence-electron chi connectivity index (χ4n) is 2.53. The van der Waals surface area contributed by atoms with Gasteiger partial charge in [-0.1, -0.05) is 0 Å². The second kappa shape index (κ2) is 6.22. The number of nitrogens with one attached hydrogen (secondary N) is 1. The van der Waals surface area contributed by atoms with Gasteiger partial charge in [-0.3, -0.25) is 4.79 Å². The molecule has 5 nitrogen and oxygen atoms in total. The molecule has 1 aliphatic carbocycles. The predicted octanol–water partition coefficient (Wildman–Crippen LogP) is 2.36. The molecule has 0 saturated carbocycles. The molecular formula is C15H17N3O2S. The van der Waals surface area contributed by atoms with Crippen LogP contribution in [0.4, 0.5) is 0 Å². The van der Waals surface area contributed by atoms with Gasteiger partial charge in [-0.15, -0.1) is 11.3 Å². The Balaban J connectivity index is 1.64. The molecule has 110 valence electrons. The number of rotatable bonds is 4. The first-order chi connectivity index (χ1) is 10.3. The van der Waals surface area contributed by atoms with Gasteiger partial charge in [0.1, 0.15) is 0 Å². The summed E-state index contributed by atoms with van der Waals surface area (Å²) < 4.78 is 4.88. The van der Waals surface area contributed by atoms with Crippen LogP contribution in [0.2, 0.25) is 0 Å². The van der Waals surface area contributed by atoms with Gasteiger partial charge in [0.25, 0.3) is 5.91 Å². The minimum absolute atomic E-state index is 0.159. The van der Waals surface area contributed by atoms with Gasteiger partial charge in [0, 0.05) is 23.8 Å². The largest absolute Gasteiger partial charge is 0.467 e. The number of ether oxygens (including phenoxy) is 1. The monoisotopic (exact) mass is 303 g/mol. The summed E-state index contributed by atoms with van der Waals surface area (Å²) in [5.74, 6) is -0.159. The molecule has 0 fully saturated rings. The van der Waals surface area contributed by atoms with Crippen LogP contribution in [-0.2, 0) is 19.4 Å². The van der Waals surface area contributed by atoms with E-state index < -0.39 is 0 Å². The van der Waals surface area contributed by atoms with Crippen molar-refractivity contribution in [1.82, 2.24) is 15.3 Å². The van der Waals surface area contributed by atoms with Crippen molar-refractivity contribution in [2.45, 2.75) is 32.2 Å². The number of aryl methyl sites for hydroxylation is 1. The molecule has 0 unspecified atom stereocenters. The summed E-state index contributed by atoms with van der Waals surface area (Å²) in [7, 11) is 1.49.